The quantitative estimate of drug-likeness (QED) is 0.378. The lowest BCUT2D eigenvalue weighted by molar-refractivity contribution is 0.0888. The first-order valence-electron chi connectivity index (χ1n) is 11.8. The average Bonchev–Trinajstić information content (AvgIpc) is 2.84. The topological polar surface area (TPSA) is 117 Å². The van der Waals surface area contributed by atoms with Crippen molar-refractivity contribution in [1.29, 1.82) is 0 Å². The molecule has 0 saturated heterocycles. The second-order valence-corrected chi connectivity index (χ2v) is 11.9. The largest absolute Gasteiger partial charge is 0.465 e. The van der Waals surface area contributed by atoms with Gasteiger partial charge in [-0.3, -0.25) is 9.78 Å². The summed E-state index contributed by atoms with van der Waals surface area (Å²) in [5, 5.41) is 10.2. The number of halogens is 3. The second kappa shape index (κ2) is 11.4. The van der Waals surface area contributed by atoms with Gasteiger partial charge in [0.15, 0.2) is 9.84 Å². The molecule has 0 aliphatic carbocycles. The highest BCUT2D eigenvalue weighted by Gasteiger charge is 2.35. The van der Waals surface area contributed by atoms with E-state index in [4.69, 9.17) is 0 Å². The molecule has 0 spiro atoms. The van der Waals surface area contributed by atoms with E-state index in [0.717, 1.165) is 53.6 Å². The molecule has 0 fully saturated rings. The zero-order valence-electron chi connectivity index (χ0n) is 21.7. The van der Waals surface area contributed by atoms with E-state index in [-0.39, 0.29) is 34.8 Å². The number of aromatic nitrogens is 1. The van der Waals surface area contributed by atoms with Gasteiger partial charge in [0.05, 0.1) is 4.90 Å². The Morgan fingerprint density at radius 3 is 2.18 bits per heavy atom. The van der Waals surface area contributed by atoms with Crippen molar-refractivity contribution < 1.29 is 36.3 Å². The van der Waals surface area contributed by atoms with Crippen LogP contribution in [0.5, 0.6) is 0 Å². The number of carboxylic acid groups (broad SMARTS) is 1. The number of pyridine rings is 1. The minimum Gasteiger partial charge on any atom is -0.465 e. The molecule has 39 heavy (non-hydrogen) atoms. The van der Waals surface area contributed by atoms with Gasteiger partial charge in [-0.05, 0) is 87.4 Å². The third-order valence-electron chi connectivity index (χ3n) is 6.02. The van der Waals surface area contributed by atoms with Crippen molar-refractivity contribution in [2.75, 3.05) is 13.1 Å². The summed E-state index contributed by atoms with van der Waals surface area (Å²) in [6, 6.07) is 7.66. The summed E-state index contributed by atoms with van der Waals surface area (Å²) in [6.07, 6.45) is -0.0490. The Morgan fingerprint density at radius 2 is 1.62 bits per heavy atom. The van der Waals surface area contributed by atoms with Gasteiger partial charge in [0, 0.05) is 30.4 Å². The van der Waals surface area contributed by atoms with Crippen molar-refractivity contribution >= 4 is 21.8 Å². The fraction of sp³-hybridized carbons (Fsp3) is 0.296. The van der Waals surface area contributed by atoms with Gasteiger partial charge in [-0.15, -0.1) is 0 Å². The van der Waals surface area contributed by atoms with Crippen LogP contribution in [0, 0.1) is 24.4 Å². The molecule has 12 heteroatoms. The highest BCUT2D eigenvalue weighted by atomic mass is 32.2. The molecule has 0 aliphatic heterocycles. The van der Waals surface area contributed by atoms with E-state index in [1.54, 1.807) is 20.8 Å². The Kier molecular flexibility index (Phi) is 8.69. The monoisotopic (exact) mass is 563 g/mol. The van der Waals surface area contributed by atoms with E-state index in [9.17, 15) is 36.3 Å². The van der Waals surface area contributed by atoms with Crippen LogP contribution < -0.4 is 5.32 Å². The summed E-state index contributed by atoms with van der Waals surface area (Å²) in [5.41, 5.74) is -1.02. The second-order valence-electron chi connectivity index (χ2n) is 9.83. The lowest BCUT2D eigenvalue weighted by atomic mass is 10.0. The third-order valence-corrected chi connectivity index (χ3v) is 8.08. The van der Waals surface area contributed by atoms with Crippen molar-refractivity contribution in [2.45, 2.75) is 43.4 Å². The van der Waals surface area contributed by atoms with E-state index < -0.39 is 55.6 Å². The fourth-order valence-electron chi connectivity index (χ4n) is 4.03. The fourth-order valence-corrected chi connectivity index (χ4v) is 5.92. The van der Waals surface area contributed by atoms with Crippen molar-refractivity contribution in [3.63, 3.8) is 0 Å². The Hall–Kier alpha value is -3.93. The molecule has 2 amide bonds. The standard InChI is InChI=1S/C27H28F3N3O5S/c1-16-13-23(25(34)31-11-12-33(26(35)36)27(2,3)4)32-15-21(16)24(20-14-18(29)7-10-22(20)30)39(37,38)19-8-5-17(28)6-9-19/h5-10,13-15,24H,11-12H2,1-4H3,(H,31,34)(H,35,36). The van der Waals surface area contributed by atoms with Gasteiger partial charge >= 0.3 is 6.09 Å². The highest BCUT2D eigenvalue weighted by Crippen LogP contribution is 2.38. The number of benzene rings is 2. The molecule has 1 aromatic heterocycles. The molecule has 2 N–H and O–H groups in total. The molecule has 1 heterocycles. The van der Waals surface area contributed by atoms with Gasteiger partial charge in [0.1, 0.15) is 28.4 Å². The van der Waals surface area contributed by atoms with E-state index in [2.05, 4.69) is 10.3 Å². The highest BCUT2D eigenvalue weighted by molar-refractivity contribution is 7.92. The van der Waals surface area contributed by atoms with Crippen LogP contribution in [0.2, 0.25) is 0 Å². The van der Waals surface area contributed by atoms with Crippen LogP contribution in [0.1, 0.15) is 53.2 Å². The molecule has 0 saturated carbocycles. The molecule has 3 aromatic rings. The molecule has 0 aliphatic rings. The van der Waals surface area contributed by atoms with E-state index in [0.29, 0.717) is 0 Å². The molecule has 1 atom stereocenters. The zero-order chi connectivity index (χ0) is 29.1. The number of amides is 2. The maximum atomic E-state index is 14.9. The number of carbonyl (C=O) groups is 2. The molecular formula is C27H28F3N3O5S. The molecular weight excluding hydrogens is 535 g/mol. The van der Waals surface area contributed by atoms with E-state index in [1.165, 1.54) is 13.0 Å². The van der Waals surface area contributed by atoms with Crippen LogP contribution in [-0.4, -0.2) is 54.0 Å². The van der Waals surface area contributed by atoms with Crippen LogP contribution in [0.15, 0.2) is 59.6 Å². The van der Waals surface area contributed by atoms with E-state index in [1.807, 2.05) is 0 Å². The maximum absolute atomic E-state index is 14.9. The van der Waals surface area contributed by atoms with Crippen LogP contribution in [0.3, 0.4) is 0 Å². The number of nitrogens with zero attached hydrogens (tertiary/aromatic N) is 2. The Labute approximate surface area is 224 Å². The molecule has 2 aromatic carbocycles. The molecule has 8 nitrogen and oxygen atoms in total. The molecule has 3 rings (SSSR count). The Balaban J connectivity index is 1.97. The van der Waals surface area contributed by atoms with Gasteiger partial charge < -0.3 is 15.3 Å². The predicted molar refractivity (Wildman–Crippen MR) is 138 cm³/mol. The lowest BCUT2D eigenvalue weighted by Gasteiger charge is -2.33. The minimum absolute atomic E-state index is 0.00911. The number of aryl methyl sites for hydroxylation is 1. The van der Waals surface area contributed by atoms with Crippen LogP contribution in [0.4, 0.5) is 18.0 Å². The summed E-state index contributed by atoms with van der Waals surface area (Å²) in [6.45, 7) is 6.63. The van der Waals surface area contributed by atoms with Gasteiger partial charge in [-0.2, -0.15) is 0 Å². The third kappa shape index (κ3) is 6.75. The first kappa shape index (κ1) is 29.6. The summed E-state index contributed by atoms with van der Waals surface area (Å²) in [4.78, 5) is 29.1. The summed E-state index contributed by atoms with van der Waals surface area (Å²) in [7, 11) is -4.44. The molecule has 208 valence electrons. The summed E-state index contributed by atoms with van der Waals surface area (Å²) < 4.78 is 69.8. The SMILES string of the molecule is Cc1cc(C(=O)NCCN(C(=O)O)C(C)(C)C)ncc1C(c1cc(F)ccc1F)S(=O)(=O)c1ccc(F)cc1. The first-order valence-corrected chi connectivity index (χ1v) is 13.4. The number of carbonyl (C=O) groups excluding carboxylic acids is 1. The number of sulfone groups is 1. The average molecular weight is 564 g/mol. The van der Waals surface area contributed by atoms with Crippen LogP contribution >= 0.6 is 0 Å². The Bertz CT molecular complexity index is 1490. The summed E-state index contributed by atoms with van der Waals surface area (Å²) >= 11 is 0. The zero-order valence-corrected chi connectivity index (χ0v) is 22.5. The number of rotatable bonds is 8. The molecule has 0 bridgehead atoms. The van der Waals surface area contributed by atoms with Crippen LogP contribution in [-0.2, 0) is 9.84 Å². The van der Waals surface area contributed by atoms with Crippen LogP contribution in [0.25, 0.3) is 0 Å². The van der Waals surface area contributed by atoms with Crippen molar-refractivity contribution in [2.24, 2.45) is 0 Å². The number of nitrogens with one attached hydrogen (secondary N) is 1. The van der Waals surface area contributed by atoms with E-state index >= 15 is 0 Å². The minimum atomic E-state index is -4.44. The lowest BCUT2D eigenvalue weighted by Crippen LogP contribution is -2.48. The molecule has 0 radical (unpaired) electrons. The first-order chi connectivity index (χ1) is 18.1. The van der Waals surface area contributed by atoms with Crippen molar-refractivity contribution in [3.05, 3.63) is 94.6 Å². The van der Waals surface area contributed by atoms with Gasteiger partial charge in [0.25, 0.3) is 5.91 Å². The maximum Gasteiger partial charge on any atom is 0.407 e. The normalized spacial score (nSPS) is 12.6. The molecule has 1 unspecified atom stereocenters. The summed E-state index contributed by atoms with van der Waals surface area (Å²) in [5.74, 6) is -3.16. The smallest absolute Gasteiger partial charge is 0.407 e. The number of hydrogen-bond acceptors (Lipinski definition) is 5. The Morgan fingerprint density at radius 1 is 1.00 bits per heavy atom. The van der Waals surface area contributed by atoms with Gasteiger partial charge in [-0.1, -0.05) is 0 Å². The number of hydrogen-bond donors (Lipinski definition) is 2. The van der Waals surface area contributed by atoms with Gasteiger partial charge in [0.2, 0.25) is 0 Å². The van der Waals surface area contributed by atoms with Crippen molar-refractivity contribution in [1.82, 2.24) is 15.2 Å². The predicted octanol–water partition coefficient (Wildman–Crippen LogP) is 4.88. The van der Waals surface area contributed by atoms with Crippen molar-refractivity contribution in [3.8, 4) is 0 Å². The van der Waals surface area contributed by atoms with Gasteiger partial charge in [-0.25, -0.2) is 26.4 Å².